The van der Waals surface area contributed by atoms with Crippen LogP contribution in [-0.4, -0.2) is 24.3 Å². The van der Waals surface area contributed by atoms with Crippen molar-refractivity contribution in [2.24, 2.45) is 0 Å². The summed E-state index contributed by atoms with van der Waals surface area (Å²) >= 11 is 0. The first kappa shape index (κ1) is 12.5. The van der Waals surface area contributed by atoms with E-state index >= 15 is 0 Å². The third-order valence-electron chi connectivity index (χ3n) is 1.08. The van der Waals surface area contributed by atoms with Crippen molar-refractivity contribution in [3.05, 3.63) is 12.7 Å². The number of carbonyl (C=O) groups is 2. The molecule has 0 saturated heterocycles. The fourth-order valence-electron chi connectivity index (χ4n) is 0.590. The van der Waals surface area contributed by atoms with E-state index in [1.807, 2.05) is 0 Å². The molecule has 0 aromatic rings. The van der Waals surface area contributed by atoms with Crippen molar-refractivity contribution in [1.29, 1.82) is 0 Å². The molecule has 5 heteroatoms. The number of amides is 2. The Morgan fingerprint density at radius 2 is 1.93 bits per heavy atom. The van der Waals surface area contributed by atoms with Crippen molar-refractivity contribution in [3.63, 3.8) is 0 Å². The lowest BCUT2D eigenvalue weighted by Crippen LogP contribution is -2.39. The predicted molar refractivity (Wildman–Crippen MR) is 52.6 cm³/mol. The quantitative estimate of drug-likeness (QED) is 0.522. The van der Waals surface area contributed by atoms with Crippen molar-refractivity contribution in [1.82, 2.24) is 10.6 Å². The highest BCUT2D eigenvalue weighted by Crippen LogP contribution is 2.05. The molecule has 0 heterocycles. The Bertz CT molecular complexity index is 231. The molecule has 0 aliphatic heterocycles. The van der Waals surface area contributed by atoms with Gasteiger partial charge in [0.1, 0.15) is 5.60 Å². The molecule has 0 bridgehead atoms. The van der Waals surface area contributed by atoms with E-state index in [4.69, 9.17) is 4.74 Å². The van der Waals surface area contributed by atoms with E-state index in [1.165, 1.54) is 0 Å². The van der Waals surface area contributed by atoms with E-state index < -0.39 is 11.7 Å². The van der Waals surface area contributed by atoms with Crippen LogP contribution in [0, 0.1) is 0 Å². The van der Waals surface area contributed by atoms with Gasteiger partial charge in [0.2, 0.25) is 5.91 Å². The first-order valence-corrected chi connectivity index (χ1v) is 4.22. The van der Waals surface area contributed by atoms with Crippen LogP contribution in [0.4, 0.5) is 4.79 Å². The Morgan fingerprint density at radius 3 is 2.36 bits per heavy atom. The molecule has 14 heavy (non-hydrogen) atoms. The normalized spacial score (nSPS) is 10.2. The second-order valence-corrected chi connectivity index (χ2v) is 3.60. The minimum absolute atomic E-state index is 0.0275. The van der Waals surface area contributed by atoms with Gasteiger partial charge >= 0.3 is 6.09 Å². The van der Waals surface area contributed by atoms with Crippen molar-refractivity contribution < 1.29 is 14.3 Å². The molecule has 2 N–H and O–H groups in total. The molecule has 0 atom stereocenters. The number of hydrogen-bond acceptors (Lipinski definition) is 3. The first-order chi connectivity index (χ1) is 6.35. The van der Waals surface area contributed by atoms with Gasteiger partial charge in [0.25, 0.3) is 0 Å². The SMILES string of the molecule is C=CC(=O)NCNC(=O)OC(C)(C)C. The van der Waals surface area contributed by atoms with Crippen LogP contribution in [0.5, 0.6) is 0 Å². The van der Waals surface area contributed by atoms with Gasteiger partial charge in [0, 0.05) is 0 Å². The molecular formula is C9H16N2O3. The molecule has 5 nitrogen and oxygen atoms in total. The lowest BCUT2D eigenvalue weighted by molar-refractivity contribution is -0.116. The number of ether oxygens (including phenoxy) is 1. The Morgan fingerprint density at radius 1 is 1.36 bits per heavy atom. The summed E-state index contributed by atoms with van der Waals surface area (Å²) in [6.07, 6.45) is 0.554. The fraction of sp³-hybridized carbons (Fsp3) is 0.556. The molecule has 80 valence electrons. The smallest absolute Gasteiger partial charge is 0.409 e. The summed E-state index contributed by atoms with van der Waals surface area (Å²) in [6.45, 7) is 8.57. The number of rotatable bonds is 3. The summed E-state index contributed by atoms with van der Waals surface area (Å²) in [5, 5.41) is 4.74. The van der Waals surface area contributed by atoms with Crippen molar-refractivity contribution in [3.8, 4) is 0 Å². The Kier molecular flexibility index (Phi) is 4.69. The van der Waals surface area contributed by atoms with Crippen LogP contribution >= 0.6 is 0 Å². The van der Waals surface area contributed by atoms with Gasteiger partial charge in [-0.3, -0.25) is 4.79 Å². The van der Waals surface area contributed by atoms with Crippen LogP contribution in [0.3, 0.4) is 0 Å². The molecule has 2 amide bonds. The molecule has 0 rings (SSSR count). The van der Waals surface area contributed by atoms with E-state index in [-0.39, 0.29) is 12.6 Å². The summed E-state index contributed by atoms with van der Waals surface area (Å²) < 4.78 is 4.93. The standard InChI is InChI=1S/C9H16N2O3/c1-5-7(12)10-6-11-8(13)14-9(2,3)4/h5H,1,6H2,2-4H3,(H,10,12)(H,11,13). The lowest BCUT2D eigenvalue weighted by atomic mass is 10.2. The third-order valence-corrected chi connectivity index (χ3v) is 1.08. The zero-order chi connectivity index (χ0) is 11.2. The monoisotopic (exact) mass is 200 g/mol. The van der Waals surface area contributed by atoms with Gasteiger partial charge in [0.05, 0.1) is 6.67 Å². The maximum Gasteiger partial charge on any atom is 0.409 e. The summed E-state index contributed by atoms with van der Waals surface area (Å²) in [4.78, 5) is 21.7. The average Bonchev–Trinajstić information content (AvgIpc) is 2.00. The molecule has 0 spiro atoms. The molecule has 0 saturated carbocycles. The van der Waals surface area contributed by atoms with Gasteiger partial charge in [-0.1, -0.05) is 6.58 Å². The number of hydrogen-bond donors (Lipinski definition) is 2. The zero-order valence-corrected chi connectivity index (χ0v) is 8.72. The number of nitrogens with one attached hydrogen (secondary N) is 2. The van der Waals surface area contributed by atoms with Crippen molar-refractivity contribution in [2.45, 2.75) is 26.4 Å². The second kappa shape index (κ2) is 5.26. The first-order valence-electron chi connectivity index (χ1n) is 4.22. The zero-order valence-electron chi connectivity index (χ0n) is 8.72. The molecule has 0 aromatic carbocycles. The van der Waals surface area contributed by atoms with Crippen LogP contribution in [0.25, 0.3) is 0 Å². The summed E-state index contributed by atoms with van der Waals surface area (Å²) in [5.74, 6) is -0.346. The summed E-state index contributed by atoms with van der Waals surface area (Å²) in [5.41, 5.74) is -0.535. The van der Waals surface area contributed by atoms with Gasteiger partial charge in [-0.25, -0.2) is 4.79 Å². The minimum Gasteiger partial charge on any atom is -0.444 e. The summed E-state index contributed by atoms with van der Waals surface area (Å²) in [7, 11) is 0. The largest absolute Gasteiger partial charge is 0.444 e. The van der Waals surface area contributed by atoms with Gasteiger partial charge in [0.15, 0.2) is 0 Å². The van der Waals surface area contributed by atoms with Gasteiger partial charge < -0.3 is 15.4 Å². The minimum atomic E-state index is -0.568. The van der Waals surface area contributed by atoms with Crippen LogP contribution in [-0.2, 0) is 9.53 Å². The topological polar surface area (TPSA) is 67.4 Å². The highest BCUT2D eigenvalue weighted by molar-refractivity contribution is 5.86. The highest BCUT2D eigenvalue weighted by atomic mass is 16.6. The van der Waals surface area contributed by atoms with Crippen LogP contribution in [0.2, 0.25) is 0 Å². The predicted octanol–water partition coefficient (Wildman–Crippen LogP) is 0.771. The van der Waals surface area contributed by atoms with Crippen LogP contribution in [0.1, 0.15) is 20.8 Å². The molecule has 0 fully saturated rings. The number of carbonyl (C=O) groups excluding carboxylic acids is 2. The Labute approximate surface area is 83.5 Å². The van der Waals surface area contributed by atoms with E-state index in [1.54, 1.807) is 20.8 Å². The molecule has 0 radical (unpaired) electrons. The van der Waals surface area contributed by atoms with Crippen LogP contribution in [0.15, 0.2) is 12.7 Å². The van der Waals surface area contributed by atoms with E-state index in [0.29, 0.717) is 0 Å². The maximum atomic E-state index is 11.0. The third kappa shape index (κ3) is 7.15. The van der Waals surface area contributed by atoms with Gasteiger partial charge in [-0.05, 0) is 26.8 Å². The summed E-state index contributed by atoms with van der Waals surface area (Å²) in [6, 6.07) is 0. The average molecular weight is 200 g/mol. The van der Waals surface area contributed by atoms with E-state index in [2.05, 4.69) is 17.2 Å². The maximum absolute atomic E-state index is 11.0. The Hall–Kier alpha value is -1.52. The van der Waals surface area contributed by atoms with E-state index in [0.717, 1.165) is 6.08 Å². The van der Waals surface area contributed by atoms with Gasteiger partial charge in [-0.15, -0.1) is 0 Å². The van der Waals surface area contributed by atoms with Crippen LogP contribution < -0.4 is 10.6 Å². The number of alkyl carbamates (subject to hydrolysis) is 1. The second-order valence-electron chi connectivity index (χ2n) is 3.60. The molecule has 0 aliphatic rings. The van der Waals surface area contributed by atoms with E-state index in [9.17, 15) is 9.59 Å². The molecule has 0 aromatic heterocycles. The Balaban J connectivity index is 3.65. The fourth-order valence-corrected chi connectivity index (χ4v) is 0.590. The molecular weight excluding hydrogens is 184 g/mol. The molecule has 0 aliphatic carbocycles. The van der Waals surface area contributed by atoms with Crippen molar-refractivity contribution >= 4 is 12.0 Å². The molecule has 0 unspecified atom stereocenters. The highest BCUT2D eigenvalue weighted by Gasteiger charge is 2.15. The lowest BCUT2D eigenvalue weighted by Gasteiger charge is -2.19. The van der Waals surface area contributed by atoms with Crippen molar-refractivity contribution in [2.75, 3.05) is 6.67 Å². The van der Waals surface area contributed by atoms with Gasteiger partial charge in [-0.2, -0.15) is 0 Å².